The maximum atomic E-state index is 9.19. The van der Waals surface area contributed by atoms with Gasteiger partial charge in [0.2, 0.25) is 0 Å². The summed E-state index contributed by atoms with van der Waals surface area (Å²) < 4.78 is 0. The topological polar surface area (TPSA) is 39.1 Å². The molecule has 2 rings (SSSR count). The molecule has 1 heterocycles. The van der Waals surface area contributed by atoms with E-state index < -0.39 is 0 Å². The van der Waals surface area contributed by atoms with Crippen LogP contribution in [0, 0.1) is 18.3 Å². The lowest BCUT2D eigenvalue weighted by Crippen LogP contribution is -2.37. The van der Waals surface area contributed by atoms with E-state index in [1.807, 2.05) is 25.1 Å². The number of aryl methyl sites for hydroxylation is 1. The van der Waals surface area contributed by atoms with Crippen molar-refractivity contribution in [3.63, 3.8) is 0 Å². The second-order valence-electron chi connectivity index (χ2n) is 5.45. The predicted octanol–water partition coefficient (Wildman–Crippen LogP) is 3.15. The number of rotatable bonds is 4. The van der Waals surface area contributed by atoms with E-state index in [1.54, 1.807) is 0 Å². The van der Waals surface area contributed by atoms with Crippen LogP contribution in [0.4, 0.5) is 5.69 Å². The molecule has 1 aliphatic rings. The van der Waals surface area contributed by atoms with Gasteiger partial charge < -0.3 is 10.2 Å². The number of likely N-dealkylation sites (tertiary alicyclic amines) is 1. The smallest absolute Gasteiger partial charge is 0.102 e. The highest BCUT2D eigenvalue weighted by Gasteiger charge is 2.18. The normalized spacial score (nSPS) is 19.9. The lowest BCUT2D eigenvalue weighted by atomic mass is 10.00. The number of nitrogens with one attached hydrogen (secondary N) is 1. The molecule has 1 aliphatic heterocycles. The van der Waals surface area contributed by atoms with Gasteiger partial charge in [-0.05, 0) is 51.4 Å². The van der Waals surface area contributed by atoms with Gasteiger partial charge in [0.05, 0.1) is 11.3 Å². The Morgan fingerprint density at radius 2 is 2.26 bits per heavy atom. The van der Waals surface area contributed by atoms with Crippen molar-refractivity contribution >= 4 is 5.69 Å². The average Bonchev–Trinajstić information content (AvgIpc) is 2.41. The summed E-state index contributed by atoms with van der Waals surface area (Å²) >= 11 is 0. The van der Waals surface area contributed by atoms with Crippen molar-refractivity contribution in [1.29, 1.82) is 5.26 Å². The number of hydrogen-bond acceptors (Lipinski definition) is 3. The largest absolute Gasteiger partial charge is 0.384 e. The highest BCUT2D eigenvalue weighted by molar-refractivity contribution is 5.60. The van der Waals surface area contributed by atoms with E-state index >= 15 is 0 Å². The number of anilines is 1. The number of piperidine rings is 1. The fourth-order valence-electron chi connectivity index (χ4n) is 2.85. The molecule has 19 heavy (non-hydrogen) atoms. The minimum atomic E-state index is 0.691. The Kier molecular flexibility index (Phi) is 4.81. The summed E-state index contributed by atoms with van der Waals surface area (Å²) in [4.78, 5) is 2.46. The molecule has 3 nitrogen and oxygen atoms in total. The molecule has 0 radical (unpaired) electrons. The molecular formula is C16H23N3. The van der Waals surface area contributed by atoms with Gasteiger partial charge in [0, 0.05) is 12.6 Å². The van der Waals surface area contributed by atoms with Crippen molar-refractivity contribution in [2.75, 3.05) is 25.5 Å². The zero-order chi connectivity index (χ0) is 13.7. The molecule has 0 aromatic heterocycles. The first-order valence-corrected chi connectivity index (χ1v) is 7.16. The maximum Gasteiger partial charge on any atom is 0.102 e. The molecule has 3 heteroatoms. The number of hydrogen-bond donors (Lipinski definition) is 1. The van der Waals surface area contributed by atoms with Crippen LogP contribution in [0.5, 0.6) is 0 Å². The minimum absolute atomic E-state index is 0.691. The van der Waals surface area contributed by atoms with E-state index in [4.69, 9.17) is 0 Å². The summed E-state index contributed by atoms with van der Waals surface area (Å²) in [5.41, 5.74) is 2.79. The van der Waals surface area contributed by atoms with Crippen molar-refractivity contribution in [1.82, 2.24) is 4.90 Å². The second-order valence-corrected chi connectivity index (χ2v) is 5.45. The monoisotopic (exact) mass is 257 g/mol. The third-order valence-corrected chi connectivity index (χ3v) is 4.10. The van der Waals surface area contributed by atoms with Crippen molar-refractivity contribution in [2.24, 2.45) is 0 Å². The average molecular weight is 257 g/mol. The summed E-state index contributed by atoms with van der Waals surface area (Å²) in [6.07, 6.45) is 5.13. The molecule has 1 N–H and O–H groups in total. The molecule has 0 amide bonds. The molecule has 1 unspecified atom stereocenters. The molecule has 1 fully saturated rings. The third kappa shape index (κ3) is 3.48. The molecule has 102 valence electrons. The SMILES string of the molecule is Cc1cccc(NCCC2CCCCN2C)c1C#N. The summed E-state index contributed by atoms with van der Waals surface area (Å²) in [7, 11) is 2.22. The molecule has 1 saturated heterocycles. The molecule has 0 spiro atoms. The molecule has 0 bridgehead atoms. The van der Waals surface area contributed by atoms with Crippen molar-refractivity contribution in [3.8, 4) is 6.07 Å². The quantitative estimate of drug-likeness (QED) is 0.900. The van der Waals surface area contributed by atoms with Crippen LogP contribution in [0.1, 0.15) is 36.8 Å². The zero-order valence-corrected chi connectivity index (χ0v) is 11.9. The summed E-state index contributed by atoms with van der Waals surface area (Å²) in [5.74, 6) is 0. The lowest BCUT2D eigenvalue weighted by Gasteiger charge is -2.32. The van der Waals surface area contributed by atoms with Crippen molar-refractivity contribution < 1.29 is 0 Å². The molecule has 1 atom stereocenters. The Labute approximate surface area is 116 Å². The Hall–Kier alpha value is -1.53. The van der Waals surface area contributed by atoms with E-state index in [-0.39, 0.29) is 0 Å². The van der Waals surface area contributed by atoms with E-state index in [1.165, 1.54) is 25.8 Å². The van der Waals surface area contributed by atoms with Crippen LogP contribution >= 0.6 is 0 Å². The fraction of sp³-hybridized carbons (Fsp3) is 0.562. The van der Waals surface area contributed by atoms with Crippen LogP contribution in [-0.4, -0.2) is 31.1 Å². The van der Waals surface area contributed by atoms with E-state index in [0.717, 1.165) is 29.8 Å². The van der Waals surface area contributed by atoms with Gasteiger partial charge in [-0.25, -0.2) is 0 Å². The Balaban J connectivity index is 1.89. The lowest BCUT2D eigenvalue weighted by molar-refractivity contribution is 0.179. The number of benzene rings is 1. The van der Waals surface area contributed by atoms with Gasteiger partial charge in [0.25, 0.3) is 0 Å². The summed E-state index contributed by atoms with van der Waals surface area (Å²) in [6, 6.07) is 8.97. The zero-order valence-electron chi connectivity index (χ0n) is 11.9. The Bertz CT molecular complexity index is 462. The molecule has 0 aliphatic carbocycles. The van der Waals surface area contributed by atoms with Crippen LogP contribution in [0.3, 0.4) is 0 Å². The van der Waals surface area contributed by atoms with Gasteiger partial charge in [-0.15, -0.1) is 0 Å². The predicted molar refractivity (Wildman–Crippen MR) is 79.3 cm³/mol. The Morgan fingerprint density at radius 1 is 1.42 bits per heavy atom. The van der Waals surface area contributed by atoms with Gasteiger partial charge in [0.15, 0.2) is 0 Å². The first-order valence-electron chi connectivity index (χ1n) is 7.16. The van der Waals surface area contributed by atoms with Crippen LogP contribution in [-0.2, 0) is 0 Å². The number of nitriles is 1. The molecule has 1 aromatic carbocycles. The van der Waals surface area contributed by atoms with Crippen LogP contribution < -0.4 is 5.32 Å². The summed E-state index contributed by atoms with van der Waals surface area (Å²) in [6.45, 7) is 4.14. The third-order valence-electron chi connectivity index (χ3n) is 4.10. The highest BCUT2D eigenvalue weighted by Crippen LogP contribution is 2.20. The second kappa shape index (κ2) is 6.58. The van der Waals surface area contributed by atoms with Crippen molar-refractivity contribution in [3.05, 3.63) is 29.3 Å². The summed E-state index contributed by atoms with van der Waals surface area (Å²) in [5, 5.41) is 12.6. The van der Waals surface area contributed by atoms with Gasteiger partial charge in [-0.3, -0.25) is 0 Å². The van der Waals surface area contributed by atoms with Gasteiger partial charge in [-0.1, -0.05) is 18.6 Å². The first-order chi connectivity index (χ1) is 9.22. The number of nitrogens with zero attached hydrogens (tertiary/aromatic N) is 2. The van der Waals surface area contributed by atoms with Gasteiger partial charge in [-0.2, -0.15) is 5.26 Å². The molecule has 0 saturated carbocycles. The van der Waals surface area contributed by atoms with E-state index in [9.17, 15) is 5.26 Å². The van der Waals surface area contributed by atoms with E-state index in [0.29, 0.717) is 6.04 Å². The maximum absolute atomic E-state index is 9.19. The Morgan fingerprint density at radius 3 is 3.00 bits per heavy atom. The van der Waals surface area contributed by atoms with E-state index in [2.05, 4.69) is 23.3 Å². The molecule has 1 aromatic rings. The van der Waals surface area contributed by atoms with Gasteiger partial charge >= 0.3 is 0 Å². The standard InChI is InChI=1S/C16H23N3/c1-13-6-5-8-16(15(13)12-17)18-10-9-14-7-3-4-11-19(14)2/h5-6,8,14,18H,3-4,7,9-11H2,1-2H3. The van der Waals surface area contributed by atoms with Crippen LogP contribution in [0.25, 0.3) is 0 Å². The van der Waals surface area contributed by atoms with Crippen molar-refractivity contribution in [2.45, 2.75) is 38.6 Å². The van der Waals surface area contributed by atoms with Gasteiger partial charge in [0.1, 0.15) is 6.07 Å². The highest BCUT2D eigenvalue weighted by atomic mass is 15.1. The first kappa shape index (κ1) is 13.9. The van der Waals surface area contributed by atoms with Crippen LogP contribution in [0.15, 0.2) is 18.2 Å². The fourth-order valence-corrected chi connectivity index (χ4v) is 2.85. The van der Waals surface area contributed by atoms with Crippen LogP contribution in [0.2, 0.25) is 0 Å². The molecular weight excluding hydrogens is 234 g/mol. The minimum Gasteiger partial charge on any atom is -0.384 e.